The second kappa shape index (κ2) is 11.1. The van der Waals surface area contributed by atoms with Gasteiger partial charge in [0.2, 0.25) is 0 Å². The Morgan fingerprint density at radius 3 is 2.41 bits per heavy atom. The summed E-state index contributed by atoms with van der Waals surface area (Å²) in [5, 5.41) is 14.1. The molecule has 0 bridgehead atoms. The van der Waals surface area contributed by atoms with E-state index in [0.717, 1.165) is 28.8 Å². The number of halogens is 1. The maximum Gasteiger partial charge on any atom is 0.250 e. The van der Waals surface area contributed by atoms with Gasteiger partial charge in [0, 0.05) is 16.3 Å². The fourth-order valence-electron chi connectivity index (χ4n) is 3.26. The zero-order chi connectivity index (χ0) is 23.9. The second-order valence-electron chi connectivity index (χ2n) is 7.66. The first-order valence-electron chi connectivity index (χ1n) is 10.9. The highest BCUT2D eigenvalue weighted by Crippen LogP contribution is 2.28. The fourth-order valence-corrected chi connectivity index (χ4v) is 4.13. The van der Waals surface area contributed by atoms with Crippen molar-refractivity contribution in [2.24, 2.45) is 5.10 Å². The Bertz CT molecular complexity index is 1280. The summed E-state index contributed by atoms with van der Waals surface area (Å²) >= 11 is 7.38. The smallest absolute Gasteiger partial charge is 0.250 e. The summed E-state index contributed by atoms with van der Waals surface area (Å²) in [7, 11) is 0. The monoisotopic (exact) mass is 489 g/mol. The van der Waals surface area contributed by atoms with Crippen molar-refractivity contribution in [2.75, 3.05) is 5.75 Å². The Morgan fingerprint density at radius 2 is 1.74 bits per heavy atom. The summed E-state index contributed by atoms with van der Waals surface area (Å²) in [6.07, 6.45) is 2.62. The molecule has 1 N–H and O–H groups in total. The van der Waals surface area contributed by atoms with Crippen LogP contribution in [0.5, 0.6) is 0 Å². The van der Waals surface area contributed by atoms with Crippen LogP contribution in [0.4, 0.5) is 0 Å². The van der Waals surface area contributed by atoms with Crippen LogP contribution in [0.1, 0.15) is 23.6 Å². The SMILES string of the molecule is CCc1ccc(/C=N/NC(=O)CSc2nnc(-c3ccc(C)cc3)n2-c2ccc(Cl)cc2)cc1. The number of benzene rings is 3. The molecule has 0 saturated heterocycles. The number of rotatable bonds is 8. The minimum absolute atomic E-state index is 0.145. The maximum atomic E-state index is 12.4. The molecule has 1 aromatic heterocycles. The number of nitrogens with one attached hydrogen (secondary N) is 1. The van der Waals surface area contributed by atoms with E-state index in [9.17, 15) is 4.79 Å². The van der Waals surface area contributed by atoms with Crippen molar-refractivity contribution >= 4 is 35.5 Å². The number of aryl methyl sites for hydroxylation is 2. The number of hydrogen-bond donors (Lipinski definition) is 1. The van der Waals surface area contributed by atoms with Gasteiger partial charge in [-0.2, -0.15) is 5.10 Å². The van der Waals surface area contributed by atoms with Crippen LogP contribution in [-0.2, 0) is 11.2 Å². The molecule has 0 unspecified atom stereocenters. The van der Waals surface area contributed by atoms with Crippen molar-refractivity contribution in [1.82, 2.24) is 20.2 Å². The van der Waals surface area contributed by atoms with Crippen molar-refractivity contribution in [3.05, 3.63) is 94.5 Å². The van der Waals surface area contributed by atoms with Gasteiger partial charge in [0.1, 0.15) is 0 Å². The van der Waals surface area contributed by atoms with Crippen molar-refractivity contribution in [1.29, 1.82) is 0 Å². The molecule has 4 rings (SSSR count). The van der Waals surface area contributed by atoms with Crippen LogP contribution in [0.3, 0.4) is 0 Å². The van der Waals surface area contributed by atoms with Crippen molar-refractivity contribution < 1.29 is 4.79 Å². The van der Waals surface area contributed by atoms with Gasteiger partial charge in [-0.1, -0.05) is 84.4 Å². The lowest BCUT2D eigenvalue weighted by molar-refractivity contribution is -0.118. The molecule has 6 nitrogen and oxygen atoms in total. The van der Waals surface area contributed by atoms with Crippen molar-refractivity contribution in [3.8, 4) is 17.1 Å². The Morgan fingerprint density at radius 1 is 1.03 bits per heavy atom. The summed E-state index contributed by atoms with van der Waals surface area (Å²) in [6.45, 7) is 4.15. The zero-order valence-electron chi connectivity index (χ0n) is 18.9. The molecule has 0 aliphatic rings. The first-order valence-corrected chi connectivity index (χ1v) is 12.2. The van der Waals surface area contributed by atoms with Crippen LogP contribution >= 0.6 is 23.4 Å². The van der Waals surface area contributed by atoms with Crippen LogP contribution in [0.2, 0.25) is 5.02 Å². The van der Waals surface area contributed by atoms with E-state index in [1.54, 1.807) is 6.21 Å². The Hall–Kier alpha value is -3.42. The molecule has 0 saturated carbocycles. The Kier molecular flexibility index (Phi) is 7.77. The molecular weight excluding hydrogens is 466 g/mol. The van der Waals surface area contributed by atoms with Crippen molar-refractivity contribution in [3.63, 3.8) is 0 Å². The minimum Gasteiger partial charge on any atom is -0.272 e. The van der Waals surface area contributed by atoms with E-state index in [1.807, 2.05) is 84.3 Å². The van der Waals surface area contributed by atoms with Crippen molar-refractivity contribution in [2.45, 2.75) is 25.4 Å². The van der Waals surface area contributed by atoms with Crippen LogP contribution in [0, 0.1) is 6.92 Å². The quantitative estimate of drug-likeness (QED) is 0.196. The normalized spacial score (nSPS) is 11.1. The molecule has 1 heterocycles. The molecule has 0 atom stereocenters. The van der Waals surface area contributed by atoms with Gasteiger partial charge in [-0.05, 0) is 48.7 Å². The number of carbonyl (C=O) groups is 1. The number of hydrogen-bond acceptors (Lipinski definition) is 5. The number of hydrazone groups is 1. The average molecular weight is 490 g/mol. The van der Waals surface area contributed by atoms with Crippen LogP contribution < -0.4 is 5.43 Å². The first kappa shape index (κ1) is 23.7. The third-order valence-corrected chi connectivity index (χ3v) is 6.33. The molecule has 0 fully saturated rings. The van der Waals surface area contributed by atoms with E-state index in [0.29, 0.717) is 16.0 Å². The number of nitrogens with zero attached hydrogens (tertiary/aromatic N) is 4. The summed E-state index contributed by atoms with van der Waals surface area (Å²) in [4.78, 5) is 12.4. The highest BCUT2D eigenvalue weighted by atomic mass is 35.5. The lowest BCUT2D eigenvalue weighted by Crippen LogP contribution is -2.20. The van der Waals surface area contributed by atoms with Gasteiger partial charge in [0.15, 0.2) is 11.0 Å². The van der Waals surface area contributed by atoms with Gasteiger partial charge < -0.3 is 0 Å². The molecule has 4 aromatic rings. The molecule has 3 aromatic carbocycles. The van der Waals surface area contributed by atoms with Crippen LogP contribution in [-0.4, -0.2) is 32.6 Å². The van der Waals surface area contributed by atoms with E-state index < -0.39 is 0 Å². The molecule has 0 aliphatic heterocycles. The first-order chi connectivity index (χ1) is 16.5. The van der Waals surface area contributed by atoms with E-state index in [2.05, 4.69) is 27.6 Å². The van der Waals surface area contributed by atoms with Crippen LogP contribution in [0.25, 0.3) is 17.1 Å². The fraction of sp³-hybridized carbons (Fsp3) is 0.154. The highest BCUT2D eigenvalue weighted by Gasteiger charge is 2.17. The predicted molar refractivity (Wildman–Crippen MR) is 139 cm³/mol. The minimum atomic E-state index is -0.228. The largest absolute Gasteiger partial charge is 0.272 e. The highest BCUT2D eigenvalue weighted by molar-refractivity contribution is 7.99. The number of carbonyl (C=O) groups excluding carboxylic acids is 1. The molecule has 34 heavy (non-hydrogen) atoms. The molecule has 0 aliphatic carbocycles. The van der Waals surface area contributed by atoms with E-state index in [1.165, 1.54) is 17.3 Å². The van der Waals surface area contributed by atoms with Crippen LogP contribution in [0.15, 0.2) is 83.1 Å². The molecule has 0 radical (unpaired) electrons. The second-order valence-corrected chi connectivity index (χ2v) is 9.04. The molecule has 0 spiro atoms. The van der Waals surface area contributed by atoms with Gasteiger partial charge >= 0.3 is 0 Å². The lowest BCUT2D eigenvalue weighted by Gasteiger charge is -2.10. The third kappa shape index (κ3) is 5.92. The summed E-state index contributed by atoms with van der Waals surface area (Å²) in [6, 6.07) is 23.6. The topological polar surface area (TPSA) is 72.2 Å². The Balaban J connectivity index is 1.48. The van der Waals surface area contributed by atoms with Gasteiger partial charge in [-0.15, -0.1) is 10.2 Å². The van der Waals surface area contributed by atoms with E-state index in [4.69, 9.17) is 11.6 Å². The van der Waals surface area contributed by atoms with Gasteiger partial charge in [-0.25, -0.2) is 5.43 Å². The number of amides is 1. The predicted octanol–water partition coefficient (Wildman–Crippen LogP) is 5.70. The standard InChI is InChI=1S/C26H24ClN5OS/c1-3-19-6-8-20(9-7-19)16-28-29-24(33)17-34-26-31-30-25(21-10-4-18(2)5-11-21)32(26)23-14-12-22(27)13-15-23/h4-16H,3,17H2,1-2H3,(H,29,33)/b28-16+. The number of aromatic nitrogens is 3. The maximum absolute atomic E-state index is 12.4. The van der Waals surface area contributed by atoms with Gasteiger partial charge in [-0.3, -0.25) is 9.36 Å². The third-order valence-electron chi connectivity index (χ3n) is 5.15. The van der Waals surface area contributed by atoms with Gasteiger partial charge in [0.05, 0.1) is 12.0 Å². The average Bonchev–Trinajstić information content (AvgIpc) is 3.28. The van der Waals surface area contributed by atoms with E-state index in [-0.39, 0.29) is 11.7 Å². The molecule has 172 valence electrons. The molecule has 8 heteroatoms. The zero-order valence-corrected chi connectivity index (χ0v) is 20.5. The molecular formula is C26H24ClN5OS. The van der Waals surface area contributed by atoms with Gasteiger partial charge in [0.25, 0.3) is 5.91 Å². The Labute approximate surface area is 208 Å². The summed E-state index contributed by atoms with van der Waals surface area (Å²) in [5.41, 5.74) is 7.72. The summed E-state index contributed by atoms with van der Waals surface area (Å²) < 4.78 is 1.93. The summed E-state index contributed by atoms with van der Waals surface area (Å²) in [5.74, 6) is 0.610. The number of thioether (sulfide) groups is 1. The molecule has 1 amide bonds. The lowest BCUT2D eigenvalue weighted by atomic mass is 10.1. The van der Waals surface area contributed by atoms with E-state index >= 15 is 0 Å².